The quantitative estimate of drug-likeness (QED) is 0.302. The molecule has 0 aliphatic carbocycles. The van der Waals surface area contributed by atoms with Crippen LogP contribution in [0.25, 0.3) is 0 Å². The van der Waals surface area contributed by atoms with Crippen molar-refractivity contribution in [2.75, 3.05) is 20.2 Å². The van der Waals surface area contributed by atoms with Gasteiger partial charge in [-0.1, -0.05) is 39.8 Å². The van der Waals surface area contributed by atoms with Gasteiger partial charge in [-0.05, 0) is 53.3 Å². The molecule has 4 atom stereocenters. The number of hydrogen-bond donors (Lipinski definition) is 4. The molecule has 240 valence electrons. The van der Waals surface area contributed by atoms with Gasteiger partial charge in [0.05, 0.1) is 13.7 Å². The fraction of sp³-hybridized carbons (Fsp3) is 0.586. The number of benzene rings is 1. The van der Waals surface area contributed by atoms with E-state index in [0.29, 0.717) is 5.75 Å². The smallest absolute Gasteiger partial charge is 0.244 e. The lowest BCUT2D eigenvalue weighted by molar-refractivity contribution is -0.138. The summed E-state index contributed by atoms with van der Waals surface area (Å²) >= 11 is 0. The number of ether oxygens (including phenoxy) is 1. The minimum Gasteiger partial charge on any atom is -0.497 e. The van der Waals surface area contributed by atoms with Gasteiger partial charge in [-0.2, -0.15) is 0 Å². The highest BCUT2D eigenvalue weighted by atomic mass is 16.5. The Morgan fingerprint density at radius 1 is 0.955 bits per heavy atom. The van der Waals surface area contributed by atoms with Crippen LogP contribution in [0.15, 0.2) is 30.6 Å². The van der Waals surface area contributed by atoms with Crippen LogP contribution < -0.4 is 26.0 Å². The molecule has 1 aliphatic heterocycles. The normalized spacial score (nSPS) is 22.4. The minimum atomic E-state index is -1.04. The lowest BCUT2D eigenvalue weighted by Crippen LogP contribution is -2.57. The van der Waals surface area contributed by atoms with E-state index >= 15 is 0 Å². The number of tetrazole rings is 1. The fourth-order valence-electron chi connectivity index (χ4n) is 4.69. The summed E-state index contributed by atoms with van der Waals surface area (Å²) in [5.74, 6) is -2.09. The second-order valence-electron chi connectivity index (χ2n) is 11.7. The van der Waals surface area contributed by atoms with Gasteiger partial charge in [0, 0.05) is 19.0 Å². The number of hydrogen-bond acceptors (Lipinski definition) is 9. The van der Waals surface area contributed by atoms with Crippen molar-refractivity contribution in [2.45, 2.75) is 78.2 Å². The molecule has 0 unspecified atom stereocenters. The van der Waals surface area contributed by atoms with Crippen LogP contribution in [0.3, 0.4) is 0 Å². The van der Waals surface area contributed by atoms with Crippen molar-refractivity contribution in [3.05, 3.63) is 36.2 Å². The molecule has 4 N–H and O–H groups in total. The zero-order valence-electron chi connectivity index (χ0n) is 26.1. The Morgan fingerprint density at radius 2 is 1.64 bits per heavy atom. The molecule has 1 fully saturated rings. The Hall–Kier alpha value is -4.56. The second-order valence-corrected chi connectivity index (χ2v) is 11.7. The molecule has 5 amide bonds. The van der Waals surface area contributed by atoms with Crippen LogP contribution >= 0.6 is 0 Å². The molecule has 1 aliphatic rings. The average molecular weight is 614 g/mol. The van der Waals surface area contributed by atoms with E-state index in [4.69, 9.17) is 4.74 Å². The molecule has 0 radical (unpaired) electrons. The van der Waals surface area contributed by atoms with Crippen LogP contribution in [0.5, 0.6) is 5.75 Å². The number of aromatic nitrogens is 4. The fourth-order valence-corrected chi connectivity index (χ4v) is 4.69. The van der Waals surface area contributed by atoms with Crippen molar-refractivity contribution in [1.29, 1.82) is 0 Å². The van der Waals surface area contributed by atoms with Crippen LogP contribution in [0.1, 0.15) is 46.6 Å². The number of nitrogens with one attached hydrogen (secondary N) is 4. The predicted octanol–water partition coefficient (Wildman–Crippen LogP) is -0.572. The van der Waals surface area contributed by atoms with E-state index in [1.807, 2.05) is 27.7 Å². The summed E-state index contributed by atoms with van der Waals surface area (Å²) < 4.78 is 6.45. The van der Waals surface area contributed by atoms with E-state index in [-0.39, 0.29) is 44.3 Å². The van der Waals surface area contributed by atoms with Gasteiger partial charge in [0.2, 0.25) is 29.5 Å². The maximum Gasteiger partial charge on any atom is 0.244 e. The van der Waals surface area contributed by atoms with Crippen molar-refractivity contribution in [2.24, 2.45) is 11.8 Å². The molecule has 0 bridgehead atoms. The highest BCUT2D eigenvalue weighted by molar-refractivity contribution is 5.95. The van der Waals surface area contributed by atoms with Crippen LogP contribution in [-0.2, 0) is 36.9 Å². The van der Waals surface area contributed by atoms with Crippen LogP contribution in [-0.4, -0.2) is 99.0 Å². The van der Waals surface area contributed by atoms with Crippen LogP contribution in [0, 0.1) is 11.8 Å². The molecule has 2 heterocycles. The third-order valence-corrected chi connectivity index (χ3v) is 7.27. The summed E-state index contributed by atoms with van der Waals surface area (Å²) in [6, 6.07) is 3.53. The first-order chi connectivity index (χ1) is 20.9. The molecule has 0 spiro atoms. The van der Waals surface area contributed by atoms with E-state index in [0.717, 1.165) is 5.56 Å². The number of rotatable bonds is 8. The van der Waals surface area contributed by atoms with Crippen molar-refractivity contribution >= 4 is 29.5 Å². The summed E-state index contributed by atoms with van der Waals surface area (Å²) in [5.41, 5.74) is 0.752. The van der Waals surface area contributed by atoms with Gasteiger partial charge in [0.1, 0.15) is 36.7 Å². The van der Waals surface area contributed by atoms with E-state index in [2.05, 4.69) is 36.8 Å². The monoisotopic (exact) mass is 613 g/mol. The lowest BCUT2D eigenvalue weighted by atomic mass is 10.0. The molecule has 1 aromatic carbocycles. The Balaban J connectivity index is 1.95. The van der Waals surface area contributed by atoms with Crippen LogP contribution in [0.2, 0.25) is 0 Å². The maximum absolute atomic E-state index is 13.6. The van der Waals surface area contributed by atoms with E-state index in [9.17, 15) is 24.0 Å². The first-order valence-electron chi connectivity index (χ1n) is 14.7. The van der Waals surface area contributed by atoms with Crippen molar-refractivity contribution < 1.29 is 28.7 Å². The summed E-state index contributed by atoms with van der Waals surface area (Å²) in [6.07, 6.45) is 1.70. The maximum atomic E-state index is 13.6. The molecule has 44 heavy (non-hydrogen) atoms. The van der Waals surface area contributed by atoms with Crippen molar-refractivity contribution in [3.63, 3.8) is 0 Å². The summed E-state index contributed by atoms with van der Waals surface area (Å²) in [5, 5.41) is 22.0. The molecular weight excluding hydrogens is 570 g/mol. The topological polar surface area (TPSA) is 190 Å². The zero-order chi connectivity index (χ0) is 32.4. The number of methoxy groups -OCH3 is 1. The Kier molecular flexibility index (Phi) is 12.2. The van der Waals surface area contributed by atoms with E-state index in [1.165, 1.54) is 15.9 Å². The number of nitrogens with zero attached hydrogens (tertiary/aromatic N) is 5. The van der Waals surface area contributed by atoms with E-state index < -0.39 is 53.7 Å². The molecule has 15 heteroatoms. The van der Waals surface area contributed by atoms with Gasteiger partial charge in [-0.3, -0.25) is 24.0 Å². The van der Waals surface area contributed by atoms with E-state index in [1.54, 1.807) is 38.3 Å². The average Bonchev–Trinajstić information content (AvgIpc) is 3.48. The standard InChI is InChI=1S/C29H43N9O6/c1-17(2)11-22-29(43)33-23(12-20-7-9-21(44-6)10-8-20)28(42)31-19(5)27(41)34-24(18(3)4)13-37(14-25(39)32-22)26(40)15-38-16-30-35-36-38/h7-10,16-19,22-24H,11-15H2,1-6H3,(H,31,42)(H,32,39)(H,33,43)(H,34,41)/t19-,22+,23+,24-/m1/s1. The number of carbonyl (C=O) groups is 5. The summed E-state index contributed by atoms with van der Waals surface area (Å²) in [6.45, 7) is 8.51. The van der Waals surface area contributed by atoms with Gasteiger partial charge in [-0.15, -0.1) is 5.10 Å². The van der Waals surface area contributed by atoms with Crippen molar-refractivity contribution in [3.8, 4) is 5.75 Å². The van der Waals surface area contributed by atoms with Gasteiger partial charge in [0.15, 0.2) is 0 Å². The van der Waals surface area contributed by atoms with Gasteiger partial charge < -0.3 is 30.9 Å². The minimum absolute atomic E-state index is 0.000406. The first kappa shape index (κ1) is 33.9. The molecule has 3 rings (SSSR count). The molecule has 15 nitrogen and oxygen atoms in total. The first-order valence-corrected chi connectivity index (χ1v) is 14.7. The molecule has 1 saturated heterocycles. The SMILES string of the molecule is COc1ccc(C[C@@H]2NC(=O)[C@H](CC(C)C)NC(=O)CN(C(=O)Cn3cnnn3)C[C@H](C(C)C)NC(=O)[C@@H](C)NC2=O)cc1. The molecule has 1 aromatic heterocycles. The third kappa shape index (κ3) is 10.0. The third-order valence-electron chi connectivity index (χ3n) is 7.27. The largest absolute Gasteiger partial charge is 0.497 e. The highest BCUT2D eigenvalue weighted by Gasteiger charge is 2.32. The summed E-state index contributed by atoms with van der Waals surface area (Å²) in [7, 11) is 1.55. The molecule has 0 saturated carbocycles. The lowest BCUT2D eigenvalue weighted by Gasteiger charge is -2.31. The highest BCUT2D eigenvalue weighted by Crippen LogP contribution is 2.14. The molecule has 2 aromatic rings. The predicted molar refractivity (Wildman–Crippen MR) is 159 cm³/mol. The molecular formula is C29H43N9O6. The number of carbonyl (C=O) groups excluding carboxylic acids is 5. The summed E-state index contributed by atoms with van der Waals surface area (Å²) in [4.78, 5) is 68.3. The van der Waals surface area contributed by atoms with Gasteiger partial charge in [-0.25, -0.2) is 4.68 Å². The Bertz CT molecular complexity index is 1280. The van der Waals surface area contributed by atoms with Gasteiger partial charge in [0.25, 0.3) is 0 Å². The Morgan fingerprint density at radius 3 is 2.23 bits per heavy atom. The Labute approximate surface area is 256 Å². The van der Waals surface area contributed by atoms with Gasteiger partial charge >= 0.3 is 0 Å². The van der Waals surface area contributed by atoms with Crippen molar-refractivity contribution in [1.82, 2.24) is 46.4 Å². The number of amides is 5. The zero-order valence-corrected chi connectivity index (χ0v) is 26.1. The van der Waals surface area contributed by atoms with Crippen LogP contribution in [0.4, 0.5) is 0 Å². The second kappa shape index (κ2) is 15.8.